The molecule has 0 saturated carbocycles. The summed E-state index contributed by atoms with van der Waals surface area (Å²) in [6.45, 7) is 0. The first-order valence-electron chi connectivity index (χ1n) is 6.10. The Morgan fingerprint density at radius 2 is 1.90 bits per heavy atom. The van der Waals surface area contributed by atoms with Gasteiger partial charge in [0, 0.05) is 12.7 Å². The lowest BCUT2D eigenvalue weighted by Gasteiger charge is -2.05. The van der Waals surface area contributed by atoms with Crippen molar-refractivity contribution in [2.24, 2.45) is 0 Å². The van der Waals surface area contributed by atoms with E-state index in [0.29, 0.717) is 27.4 Å². The van der Waals surface area contributed by atoms with Crippen LogP contribution >= 0.6 is 11.3 Å². The van der Waals surface area contributed by atoms with Gasteiger partial charge in [-0.2, -0.15) is 0 Å². The molecule has 0 fully saturated rings. The number of thiophene rings is 1. The summed E-state index contributed by atoms with van der Waals surface area (Å²) in [6.07, 6.45) is 0. The minimum Gasteiger partial charge on any atom is -0.397 e. The second kappa shape index (κ2) is 4.71. The molecule has 3 amide bonds. The smallest absolute Gasteiger partial charge is 0.267 e. The van der Waals surface area contributed by atoms with Crippen LogP contribution in [0.2, 0.25) is 0 Å². The van der Waals surface area contributed by atoms with Crippen LogP contribution in [0.4, 0.5) is 11.4 Å². The second-order valence-corrected chi connectivity index (χ2v) is 5.50. The van der Waals surface area contributed by atoms with E-state index in [1.165, 1.54) is 30.5 Å². The largest absolute Gasteiger partial charge is 0.397 e. The topological polar surface area (TPSA) is 92.5 Å². The molecule has 2 heterocycles. The Hall–Kier alpha value is -2.67. The highest BCUT2D eigenvalue weighted by molar-refractivity contribution is 7.12. The number of amides is 3. The molecule has 0 atom stereocenters. The number of nitrogens with one attached hydrogen (secondary N) is 1. The van der Waals surface area contributed by atoms with Gasteiger partial charge in [-0.1, -0.05) is 0 Å². The lowest BCUT2D eigenvalue weighted by atomic mass is 10.1. The van der Waals surface area contributed by atoms with Gasteiger partial charge in [-0.25, -0.2) is 0 Å². The number of rotatable bonds is 2. The van der Waals surface area contributed by atoms with Crippen LogP contribution < -0.4 is 11.1 Å². The van der Waals surface area contributed by atoms with Gasteiger partial charge in [-0.15, -0.1) is 11.3 Å². The minimum absolute atomic E-state index is 0.291. The molecular weight excluding hydrogens is 290 g/mol. The van der Waals surface area contributed by atoms with E-state index in [1.54, 1.807) is 17.5 Å². The van der Waals surface area contributed by atoms with Crippen molar-refractivity contribution in [2.45, 2.75) is 0 Å². The number of imide groups is 1. The Kier molecular flexibility index (Phi) is 2.99. The second-order valence-electron chi connectivity index (χ2n) is 4.59. The van der Waals surface area contributed by atoms with Crippen molar-refractivity contribution in [2.75, 3.05) is 18.1 Å². The highest BCUT2D eigenvalue weighted by Crippen LogP contribution is 2.26. The van der Waals surface area contributed by atoms with E-state index in [2.05, 4.69) is 5.32 Å². The average molecular weight is 301 g/mol. The van der Waals surface area contributed by atoms with Gasteiger partial charge >= 0.3 is 0 Å². The number of fused-ring (bicyclic) bond motifs is 1. The summed E-state index contributed by atoms with van der Waals surface area (Å²) in [4.78, 5) is 37.2. The van der Waals surface area contributed by atoms with E-state index in [-0.39, 0.29) is 17.7 Å². The first-order valence-corrected chi connectivity index (χ1v) is 6.97. The van der Waals surface area contributed by atoms with Crippen molar-refractivity contribution in [3.63, 3.8) is 0 Å². The van der Waals surface area contributed by atoms with Crippen LogP contribution in [0.25, 0.3) is 0 Å². The van der Waals surface area contributed by atoms with Gasteiger partial charge in [-0.3, -0.25) is 19.3 Å². The maximum Gasteiger partial charge on any atom is 0.267 e. The average Bonchev–Trinajstić information content (AvgIpc) is 2.98. The van der Waals surface area contributed by atoms with Crippen LogP contribution in [-0.4, -0.2) is 29.7 Å². The first-order chi connectivity index (χ1) is 9.99. The van der Waals surface area contributed by atoms with Crippen molar-refractivity contribution < 1.29 is 14.4 Å². The van der Waals surface area contributed by atoms with E-state index in [0.717, 1.165) is 4.90 Å². The van der Waals surface area contributed by atoms with E-state index in [9.17, 15) is 14.4 Å². The van der Waals surface area contributed by atoms with E-state index in [4.69, 9.17) is 5.73 Å². The monoisotopic (exact) mass is 301 g/mol. The summed E-state index contributed by atoms with van der Waals surface area (Å²) in [7, 11) is 1.43. The third kappa shape index (κ3) is 2.07. The van der Waals surface area contributed by atoms with E-state index in [1.807, 2.05) is 0 Å². The van der Waals surface area contributed by atoms with E-state index >= 15 is 0 Å². The standard InChI is InChI=1S/C14H11N3O3S/c1-17-13(19)8-3-2-7(6-9(8)14(17)20)16-12(18)11-10(15)4-5-21-11/h2-6H,15H2,1H3,(H,16,18). The minimum atomic E-state index is -0.373. The molecule has 106 valence electrons. The predicted molar refractivity (Wildman–Crippen MR) is 79.6 cm³/mol. The summed E-state index contributed by atoms with van der Waals surface area (Å²) in [5, 5.41) is 4.40. The Morgan fingerprint density at radius 3 is 2.57 bits per heavy atom. The molecule has 1 aliphatic rings. The Bertz CT molecular complexity index is 782. The van der Waals surface area contributed by atoms with Crippen LogP contribution in [0.15, 0.2) is 29.6 Å². The maximum absolute atomic E-state index is 12.1. The van der Waals surface area contributed by atoms with Gasteiger partial charge in [-0.05, 0) is 29.6 Å². The van der Waals surface area contributed by atoms with Crippen molar-refractivity contribution in [1.29, 1.82) is 0 Å². The van der Waals surface area contributed by atoms with Gasteiger partial charge in [0.25, 0.3) is 17.7 Å². The SMILES string of the molecule is CN1C(=O)c2ccc(NC(=O)c3sccc3N)cc2C1=O. The summed E-state index contributed by atoms with van der Waals surface area (Å²) >= 11 is 1.24. The molecule has 3 N–H and O–H groups in total. The fourth-order valence-corrected chi connectivity index (χ4v) is 2.84. The number of anilines is 2. The maximum atomic E-state index is 12.1. The van der Waals surface area contributed by atoms with Gasteiger partial charge in [0.2, 0.25) is 0 Å². The molecule has 1 aromatic carbocycles. The predicted octanol–water partition coefficient (Wildman–Crippen LogP) is 1.81. The van der Waals surface area contributed by atoms with Crippen molar-refractivity contribution in [1.82, 2.24) is 4.90 Å². The molecule has 1 aromatic heterocycles. The molecule has 1 aliphatic heterocycles. The zero-order valence-corrected chi connectivity index (χ0v) is 11.9. The summed E-state index contributed by atoms with van der Waals surface area (Å²) in [5.41, 5.74) is 7.18. The number of hydrogen-bond donors (Lipinski definition) is 2. The lowest BCUT2D eigenvalue weighted by Crippen LogP contribution is -2.24. The molecular formula is C14H11N3O3S. The van der Waals surface area contributed by atoms with Gasteiger partial charge in [0.05, 0.1) is 16.8 Å². The van der Waals surface area contributed by atoms with Crippen LogP contribution in [0.5, 0.6) is 0 Å². The number of nitrogen functional groups attached to an aromatic ring is 1. The molecule has 0 saturated heterocycles. The van der Waals surface area contributed by atoms with Gasteiger partial charge < -0.3 is 11.1 Å². The summed E-state index contributed by atoms with van der Waals surface area (Å²) < 4.78 is 0. The molecule has 0 radical (unpaired) electrons. The van der Waals surface area contributed by atoms with Gasteiger partial charge in [0.15, 0.2) is 0 Å². The zero-order valence-electron chi connectivity index (χ0n) is 11.0. The molecule has 0 spiro atoms. The van der Waals surface area contributed by atoms with Crippen LogP contribution in [0.3, 0.4) is 0 Å². The molecule has 3 rings (SSSR count). The number of benzene rings is 1. The molecule has 6 nitrogen and oxygen atoms in total. The molecule has 0 aliphatic carbocycles. The molecule has 0 unspecified atom stereocenters. The number of carbonyl (C=O) groups excluding carboxylic acids is 3. The Labute approximate surface area is 124 Å². The fourth-order valence-electron chi connectivity index (χ4n) is 2.13. The summed E-state index contributed by atoms with van der Waals surface area (Å²) in [5.74, 6) is -1.05. The third-order valence-electron chi connectivity index (χ3n) is 3.25. The number of nitrogens with zero attached hydrogens (tertiary/aromatic N) is 1. The third-order valence-corrected chi connectivity index (χ3v) is 4.18. The molecule has 21 heavy (non-hydrogen) atoms. The van der Waals surface area contributed by atoms with Crippen LogP contribution in [0.1, 0.15) is 30.4 Å². The zero-order chi connectivity index (χ0) is 15.1. The number of hydrogen-bond acceptors (Lipinski definition) is 5. The molecule has 2 aromatic rings. The fraction of sp³-hybridized carbons (Fsp3) is 0.0714. The van der Waals surface area contributed by atoms with Crippen molar-refractivity contribution >= 4 is 40.4 Å². The number of carbonyl (C=O) groups is 3. The lowest BCUT2D eigenvalue weighted by molar-refractivity contribution is 0.0692. The normalized spacial score (nSPS) is 13.5. The first kappa shape index (κ1) is 13.3. The quantitative estimate of drug-likeness (QED) is 0.827. The Morgan fingerprint density at radius 1 is 1.19 bits per heavy atom. The van der Waals surface area contributed by atoms with Crippen molar-refractivity contribution in [3.8, 4) is 0 Å². The molecule has 0 bridgehead atoms. The highest BCUT2D eigenvalue weighted by atomic mass is 32.1. The van der Waals surface area contributed by atoms with Crippen LogP contribution in [-0.2, 0) is 0 Å². The van der Waals surface area contributed by atoms with Crippen LogP contribution in [0, 0.1) is 0 Å². The summed E-state index contributed by atoms with van der Waals surface area (Å²) in [6, 6.07) is 6.28. The van der Waals surface area contributed by atoms with Gasteiger partial charge in [0.1, 0.15) is 4.88 Å². The Balaban J connectivity index is 1.89. The van der Waals surface area contributed by atoms with Crippen molar-refractivity contribution in [3.05, 3.63) is 45.6 Å². The number of nitrogens with two attached hydrogens (primary N) is 1. The van der Waals surface area contributed by atoms with E-state index < -0.39 is 0 Å². The highest BCUT2D eigenvalue weighted by Gasteiger charge is 2.32. The molecule has 7 heteroatoms.